The molecule has 3 nitrogen and oxygen atoms in total. The Morgan fingerprint density at radius 1 is 1.62 bits per heavy atom. The normalized spacial score (nSPS) is 6.25. The number of rotatable bonds is 0. The smallest absolute Gasteiger partial charge is 0.300 e. The second-order valence-corrected chi connectivity index (χ2v) is 1.22. The molecule has 0 amide bonds. The molecule has 0 atom stereocenters. The van der Waals surface area contributed by atoms with E-state index in [1.807, 2.05) is 0 Å². The van der Waals surface area contributed by atoms with Crippen LogP contribution in [0.15, 0.2) is 12.3 Å². The number of hydrogen-bond acceptors (Lipinski definition) is 2. The molecule has 0 aliphatic carbocycles. The number of allylic oxidation sites excluding steroid dienone is 1. The predicted molar refractivity (Wildman–Crippen MR) is 28.1 cm³/mol. The van der Waals surface area contributed by atoms with E-state index in [2.05, 4.69) is 6.58 Å². The van der Waals surface area contributed by atoms with E-state index in [4.69, 9.17) is 9.90 Å². The molecular formula is C5H9O3-. The highest BCUT2D eigenvalue weighted by atomic mass is 16.4. The summed E-state index contributed by atoms with van der Waals surface area (Å²) in [4.78, 5) is 9.00. The molecule has 0 aliphatic rings. The molecule has 0 saturated carbocycles. The quantitative estimate of drug-likeness (QED) is 0.453. The van der Waals surface area contributed by atoms with Gasteiger partial charge in [0.2, 0.25) is 0 Å². The Morgan fingerprint density at radius 2 is 1.62 bits per heavy atom. The molecule has 0 rings (SSSR count). The van der Waals surface area contributed by atoms with E-state index in [0.717, 1.165) is 6.92 Å². The molecule has 0 aliphatic heterocycles. The second kappa shape index (κ2) is 6.01. The maximum atomic E-state index is 9.33. The lowest BCUT2D eigenvalue weighted by Crippen LogP contribution is -1.92. The largest absolute Gasteiger partial charge is 0.876 e. The zero-order valence-corrected chi connectivity index (χ0v) is 4.97. The van der Waals surface area contributed by atoms with Gasteiger partial charge in [-0.05, 0) is 0 Å². The minimum atomic E-state index is -0.833. The van der Waals surface area contributed by atoms with Crippen molar-refractivity contribution < 1.29 is 15.0 Å². The van der Waals surface area contributed by atoms with E-state index in [-0.39, 0.29) is 5.76 Å². The summed E-state index contributed by atoms with van der Waals surface area (Å²) < 4.78 is 0. The number of hydrogen-bond donors (Lipinski definition) is 1. The van der Waals surface area contributed by atoms with E-state index in [0.29, 0.717) is 0 Å². The second-order valence-electron chi connectivity index (χ2n) is 1.22. The van der Waals surface area contributed by atoms with Gasteiger partial charge >= 0.3 is 0 Å². The maximum Gasteiger partial charge on any atom is 0.300 e. The van der Waals surface area contributed by atoms with Gasteiger partial charge in [0.1, 0.15) is 0 Å². The third-order valence-electron chi connectivity index (χ3n) is 0. The fraction of sp³-hybridized carbons (Fsp3) is 0.400. The Kier molecular flexibility index (Phi) is 7.58. The summed E-state index contributed by atoms with van der Waals surface area (Å²) in [7, 11) is 0. The Morgan fingerprint density at radius 3 is 1.62 bits per heavy atom. The first-order valence-electron chi connectivity index (χ1n) is 1.99. The Balaban J connectivity index is 0. The summed E-state index contributed by atoms with van der Waals surface area (Å²) in [5.74, 6) is -0.917. The molecule has 8 heavy (non-hydrogen) atoms. The molecule has 0 fully saturated rings. The first kappa shape index (κ1) is 10.1. The first-order chi connectivity index (χ1) is 3.46. The minimum absolute atomic E-state index is 0.0833. The number of carboxylic acid groups (broad SMARTS) is 1. The van der Waals surface area contributed by atoms with Gasteiger partial charge in [0, 0.05) is 6.92 Å². The van der Waals surface area contributed by atoms with Crippen molar-refractivity contribution in [2.45, 2.75) is 13.8 Å². The molecular weight excluding hydrogens is 108 g/mol. The number of carbonyl (C=O) groups is 1. The number of carboxylic acids is 1. The highest BCUT2D eigenvalue weighted by molar-refractivity contribution is 5.62. The van der Waals surface area contributed by atoms with Crippen molar-refractivity contribution in [3.05, 3.63) is 12.3 Å². The Hall–Kier alpha value is -0.990. The summed E-state index contributed by atoms with van der Waals surface area (Å²) in [5, 5.41) is 16.8. The lowest BCUT2D eigenvalue weighted by molar-refractivity contribution is -0.300. The van der Waals surface area contributed by atoms with Crippen LogP contribution in [0.3, 0.4) is 0 Å². The van der Waals surface area contributed by atoms with Crippen molar-refractivity contribution in [3.63, 3.8) is 0 Å². The summed E-state index contributed by atoms with van der Waals surface area (Å²) in [6, 6.07) is 0. The molecule has 0 aromatic carbocycles. The summed E-state index contributed by atoms with van der Waals surface area (Å²) in [5.41, 5.74) is 0. The molecule has 1 N–H and O–H groups in total. The van der Waals surface area contributed by atoms with E-state index in [1.165, 1.54) is 6.92 Å². The van der Waals surface area contributed by atoms with Gasteiger partial charge < -0.3 is 10.2 Å². The monoisotopic (exact) mass is 117 g/mol. The van der Waals surface area contributed by atoms with Crippen LogP contribution in [0.2, 0.25) is 0 Å². The average Bonchev–Trinajstić information content (AvgIpc) is 1.25. The third kappa shape index (κ3) is 82.2. The van der Waals surface area contributed by atoms with Gasteiger partial charge in [-0.3, -0.25) is 4.79 Å². The molecule has 0 unspecified atom stereocenters. The molecule has 0 aromatic rings. The van der Waals surface area contributed by atoms with E-state index >= 15 is 0 Å². The summed E-state index contributed by atoms with van der Waals surface area (Å²) >= 11 is 0. The predicted octanol–water partition coefficient (Wildman–Crippen LogP) is -0.0288. The molecule has 0 spiro atoms. The highest BCUT2D eigenvalue weighted by Crippen LogP contribution is 1.57. The van der Waals surface area contributed by atoms with Crippen LogP contribution in [0.25, 0.3) is 0 Å². The lowest BCUT2D eigenvalue weighted by atomic mass is 10.7. The van der Waals surface area contributed by atoms with E-state index in [1.54, 1.807) is 0 Å². The van der Waals surface area contributed by atoms with Gasteiger partial charge in [-0.15, -0.1) is 12.3 Å². The van der Waals surface area contributed by atoms with Gasteiger partial charge in [0.25, 0.3) is 5.97 Å². The van der Waals surface area contributed by atoms with Crippen LogP contribution >= 0.6 is 0 Å². The van der Waals surface area contributed by atoms with Gasteiger partial charge in [0.15, 0.2) is 0 Å². The van der Waals surface area contributed by atoms with Gasteiger partial charge in [-0.25, -0.2) is 0 Å². The van der Waals surface area contributed by atoms with E-state index < -0.39 is 5.97 Å². The Bertz CT molecular complexity index is 65.7. The van der Waals surface area contributed by atoms with Crippen LogP contribution in [-0.2, 0) is 4.79 Å². The molecule has 0 radical (unpaired) electrons. The lowest BCUT2D eigenvalue weighted by Gasteiger charge is -1.92. The maximum absolute atomic E-state index is 9.33. The van der Waals surface area contributed by atoms with Crippen LogP contribution in [0.1, 0.15) is 13.8 Å². The van der Waals surface area contributed by atoms with Crippen LogP contribution < -0.4 is 5.11 Å². The Labute approximate surface area is 48.3 Å². The summed E-state index contributed by atoms with van der Waals surface area (Å²) in [6.07, 6.45) is 0. The first-order valence-corrected chi connectivity index (χ1v) is 1.99. The van der Waals surface area contributed by atoms with Crippen molar-refractivity contribution in [3.8, 4) is 0 Å². The van der Waals surface area contributed by atoms with Crippen molar-refractivity contribution in [2.24, 2.45) is 0 Å². The zero-order valence-electron chi connectivity index (χ0n) is 4.97. The fourth-order valence-electron chi connectivity index (χ4n) is 0. The third-order valence-corrected chi connectivity index (χ3v) is 0. The molecule has 0 bridgehead atoms. The zero-order chi connectivity index (χ0) is 7.15. The van der Waals surface area contributed by atoms with E-state index in [9.17, 15) is 5.11 Å². The standard InChI is InChI=1S/C3H6O.C2H4O2/c1-3(2)4;1-2(3)4/h4H,1H2,2H3;1H3,(H,3,4)/p-1. The fourth-order valence-corrected chi connectivity index (χ4v) is 0. The molecule has 0 saturated heterocycles. The van der Waals surface area contributed by atoms with Crippen molar-refractivity contribution in [2.75, 3.05) is 0 Å². The van der Waals surface area contributed by atoms with Crippen molar-refractivity contribution >= 4 is 5.97 Å². The van der Waals surface area contributed by atoms with Crippen LogP contribution in [0.5, 0.6) is 0 Å². The van der Waals surface area contributed by atoms with Crippen molar-refractivity contribution in [1.82, 2.24) is 0 Å². The number of aliphatic carboxylic acids is 1. The van der Waals surface area contributed by atoms with Crippen molar-refractivity contribution in [1.29, 1.82) is 0 Å². The molecule has 0 heterocycles. The van der Waals surface area contributed by atoms with Gasteiger partial charge in [0.05, 0.1) is 0 Å². The summed E-state index contributed by atoms with van der Waals surface area (Å²) in [6.45, 7) is 5.50. The highest BCUT2D eigenvalue weighted by Gasteiger charge is 1.65. The topological polar surface area (TPSA) is 60.4 Å². The van der Waals surface area contributed by atoms with Gasteiger partial charge in [-0.2, -0.15) is 0 Å². The molecule has 0 aromatic heterocycles. The molecule has 3 heteroatoms. The van der Waals surface area contributed by atoms with Crippen LogP contribution in [0.4, 0.5) is 0 Å². The SMILES string of the molecule is C=C(C)[O-].CC(=O)O. The van der Waals surface area contributed by atoms with Crippen LogP contribution in [-0.4, -0.2) is 11.1 Å². The average molecular weight is 117 g/mol. The van der Waals surface area contributed by atoms with Gasteiger partial charge in [-0.1, -0.05) is 6.92 Å². The molecule has 48 valence electrons. The van der Waals surface area contributed by atoms with Crippen LogP contribution in [0, 0.1) is 0 Å². The minimum Gasteiger partial charge on any atom is -0.876 e.